The van der Waals surface area contributed by atoms with Gasteiger partial charge >= 0.3 is 5.97 Å². The van der Waals surface area contributed by atoms with Crippen LogP contribution in [0, 0.1) is 5.92 Å². The van der Waals surface area contributed by atoms with Crippen LogP contribution in [0.3, 0.4) is 0 Å². The highest BCUT2D eigenvalue weighted by atomic mass is 16.5. The maximum atomic E-state index is 12.0. The third-order valence-electron chi connectivity index (χ3n) is 3.05. The molecule has 0 aromatic heterocycles. The molecule has 1 aliphatic rings. The fourth-order valence-electron chi connectivity index (χ4n) is 1.84. The number of hydrogen-bond donors (Lipinski definition) is 1. The lowest BCUT2D eigenvalue weighted by Gasteiger charge is -2.30. The summed E-state index contributed by atoms with van der Waals surface area (Å²) >= 11 is 0. The van der Waals surface area contributed by atoms with E-state index in [9.17, 15) is 9.59 Å². The van der Waals surface area contributed by atoms with Gasteiger partial charge in [0, 0.05) is 32.2 Å². The van der Waals surface area contributed by atoms with Crippen LogP contribution in [0.15, 0.2) is 0 Å². The highest BCUT2D eigenvalue weighted by Crippen LogP contribution is 2.18. The van der Waals surface area contributed by atoms with E-state index in [4.69, 9.17) is 9.84 Å². The van der Waals surface area contributed by atoms with Gasteiger partial charge in [0.25, 0.3) is 0 Å². The summed E-state index contributed by atoms with van der Waals surface area (Å²) in [6, 6.07) is -0.257. The van der Waals surface area contributed by atoms with Crippen molar-refractivity contribution in [2.45, 2.75) is 32.2 Å². The molecule has 5 nitrogen and oxygen atoms in total. The highest BCUT2D eigenvalue weighted by molar-refractivity contribution is 5.79. The van der Waals surface area contributed by atoms with Crippen LogP contribution in [0.25, 0.3) is 0 Å². The molecular weight excluding hydrogens is 210 g/mol. The number of hydrogen-bond acceptors (Lipinski definition) is 3. The first-order chi connectivity index (χ1) is 7.52. The topological polar surface area (TPSA) is 66.8 Å². The first-order valence-corrected chi connectivity index (χ1v) is 5.58. The molecular formula is C11H19NO4. The zero-order valence-corrected chi connectivity index (χ0v) is 9.81. The van der Waals surface area contributed by atoms with Crippen molar-refractivity contribution in [2.75, 3.05) is 20.3 Å². The molecule has 92 valence electrons. The number of carboxylic acids is 1. The van der Waals surface area contributed by atoms with Crippen molar-refractivity contribution >= 4 is 11.9 Å². The van der Waals surface area contributed by atoms with Gasteiger partial charge in [-0.15, -0.1) is 0 Å². The molecule has 1 aliphatic heterocycles. The molecule has 1 fully saturated rings. The van der Waals surface area contributed by atoms with E-state index in [1.165, 1.54) is 0 Å². The molecule has 16 heavy (non-hydrogen) atoms. The minimum atomic E-state index is -0.876. The van der Waals surface area contributed by atoms with Gasteiger partial charge in [-0.05, 0) is 19.8 Å². The Morgan fingerprint density at radius 1 is 1.44 bits per heavy atom. The molecule has 0 aromatic carbocycles. The van der Waals surface area contributed by atoms with Gasteiger partial charge < -0.3 is 14.7 Å². The number of carboxylic acid groups (broad SMARTS) is 1. The number of aliphatic carboxylic acids is 1. The summed E-state index contributed by atoms with van der Waals surface area (Å²) in [6.07, 6.45) is 1.47. The largest absolute Gasteiger partial charge is 0.481 e. The summed E-state index contributed by atoms with van der Waals surface area (Å²) in [5.74, 6) is -0.842. The van der Waals surface area contributed by atoms with Crippen LogP contribution >= 0.6 is 0 Å². The van der Waals surface area contributed by atoms with Gasteiger partial charge in [-0.1, -0.05) is 0 Å². The fourth-order valence-corrected chi connectivity index (χ4v) is 1.84. The molecule has 5 heteroatoms. The molecule has 0 aliphatic carbocycles. The van der Waals surface area contributed by atoms with Crippen LogP contribution in [-0.2, 0) is 14.3 Å². The lowest BCUT2D eigenvalue weighted by molar-refractivity contribution is -0.142. The average molecular weight is 229 g/mol. The molecule has 1 atom stereocenters. The predicted octanol–water partition coefficient (Wildman–Crippen LogP) is 0.735. The quantitative estimate of drug-likeness (QED) is 0.772. The summed E-state index contributed by atoms with van der Waals surface area (Å²) in [7, 11) is 1.67. The van der Waals surface area contributed by atoms with Crippen LogP contribution < -0.4 is 0 Å². The maximum absolute atomic E-state index is 12.0. The predicted molar refractivity (Wildman–Crippen MR) is 58.0 cm³/mol. The summed E-state index contributed by atoms with van der Waals surface area (Å²) in [4.78, 5) is 24.1. The van der Waals surface area contributed by atoms with Gasteiger partial charge in [0.15, 0.2) is 0 Å². The summed E-state index contributed by atoms with van der Waals surface area (Å²) in [5.41, 5.74) is 0. The second-order valence-electron chi connectivity index (χ2n) is 4.28. The molecule has 1 amide bonds. The van der Waals surface area contributed by atoms with Crippen molar-refractivity contribution < 1.29 is 19.4 Å². The SMILES string of the molecule is CC(CC(=O)O)N(C)C(=O)C1CCOCC1. The molecule has 0 spiro atoms. The smallest absolute Gasteiger partial charge is 0.305 e. The van der Waals surface area contributed by atoms with Gasteiger partial charge in [0.05, 0.1) is 6.42 Å². The van der Waals surface area contributed by atoms with Crippen molar-refractivity contribution in [3.8, 4) is 0 Å². The maximum Gasteiger partial charge on any atom is 0.305 e. The third-order valence-corrected chi connectivity index (χ3v) is 3.05. The van der Waals surface area contributed by atoms with Crippen LogP contribution in [-0.4, -0.2) is 48.2 Å². The molecule has 0 aromatic rings. The van der Waals surface area contributed by atoms with E-state index in [1.807, 2.05) is 0 Å². The number of nitrogens with zero attached hydrogens (tertiary/aromatic N) is 1. The van der Waals surface area contributed by atoms with E-state index >= 15 is 0 Å². The van der Waals surface area contributed by atoms with Gasteiger partial charge in [-0.3, -0.25) is 9.59 Å². The number of carbonyl (C=O) groups is 2. The Balaban J connectivity index is 2.48. The molecule has 0 radical (unpaired) electrons. The van der Waals surface area contributed by atoms with Crippen LogP contribution in [0.4, 0.5) is 0 Å². The van der Waals surface area contributed by atoms with Crippen LogP contribution in [0.1, 0.15) is 26.2 Å². The highest BCUT2D eigenvalue weighted by Gasteiger charge is 2.27. The zero-order valence-electron chi connectivity index (χ0n) is 9.81. The number of ether oxygens (including phenoxy) is 1. The molecule has 1 heterocycles. The average Bonchev–Trinajstić information content (AvgIpc) is 2.27. The second kappa shape index (κ2) is 5.84. The molecule has 0 bridgehead atoms. The fraction of sp³-hybridized carbons (Fsp3) is 0.818. The normalized spacial score (nSPS) is 19.1. The van der Waals surface area contributed by atoms with Crippen molar-refractivity contribution in [3.63, 3.8) is 0 Å². The molecule has 1 rings (SSSR count). The summed E-state index contributed by atoms with van der Waals surface area (Å²) in [5, 5.41) is 8.67. The first-order valence-electron chi connectivity index (χ1n) is 5.58. The van der Waals surface area contributed by atoms with E-state index in [0.29, 0.717) is 13.2 Å². The molecule has 1 saturated heterocycles. The van der Waals surface area contributed by atoms with E-state index in [2.05, 4.69) is 0 Å². The lowest BCUT2D eigenvalue weighted by Crippen LogP contribution is -2.41. The first kappa shape index (κ1) is 13.0. The monoisotopic (exact) mass is 229 g/mol. The Morgan fingerprint density at radius 2 is 2.00 bits per heavy atom. The Hall–Kier alpha value is -1.10. The summed E-state index contributed by atoms with van der Waals surface area (Å²) < 4.78 is 5.19. The van der Waals surface area contributed by atoms with Gasteiger partial charge in [0.2, 0.25) is 5.91 Å². The Bertz CT molecular complexity index is 261. The Morgan fingerprint density at radius 3 is 2.50 bits per heavy atom. The summed E-state index contributed by atoms with van der Waals surface area (Å²) in [6.45, 7) is 3.00. The molecule has 1 N–H and O–H groups in total. The molecule has 0 saturated carbocycles. The van der Waals surface area contributed by atoms with Crippen molar-refractivity contribution in [1.29, 1.82) is 0 Å². The zero-order chi connectivity index (χ0) is 12.1. The van der Waals surface area contributed by atoms with E-state index < -0.39 is 5.97 Å². The van der Waals surface area contributed by atoms with Crippen molar-refractivity contribution in [3.05, 3.63) is 0 Å². The van der Waals surface area contributed by atoms with E-state index in [-0.39, 0.29) is 24.3 Å². The van der Waals surface area contributed by atoms with Crippen LogP contribution in [0.5, 0.6) is 0 Å². The van der Waals surface area contributed by atoms with E-state index in [0.717, 1.165) is 12.8 Å². The lowest BCUT2D eigenvalue weighted by atomic mass is 9.98. The third kappa shape index (κ3) is 3.48. The van der Waals surface area contributed by atoms with E-state index in [1.54, 1.807) is 18.9 Å². The number of rotatable bonds is 4. The van der Waals surface area contributed by atoms with Crippen molar-refractivity contribution in [1.82, 2.24) is 4.90 Å². The Kier molecular flexibility index (Phi) is 4.73. The van der Waals surface area contributed by atoms with Crippen molar-refractivity contribution in [2.24, 2.45) is 5.92 Å². The minimum absolute atomic E-state index is 0.00463. The minimum Gasteiger partial charge on any atom is -0.481 e. The second-order valence-corrected chi connectivity index (χ2v) is 4.28. The standard InChI is InChI=1S/C11H19NO4/c1-8(7-10(13)14)12(2)11(15)9-3-5-16-6-4-9/h8-9H,3-7H2,1-2H3,(H,13,14). The van der Waals surface area contributed by atoms with Gasteiger partial charge in [-0.2, -0.15) is 0 Å². The number of amides is 1. The Labute approximate surface area is 95.4 Å². The van der Waals surface area contributed by atoms with Crippen LogP contribution in [0.2, 0.25) is 0 Å². The van der Waals surface area contributed by atoms with Gasteiger partial charge in [0.1, 0.15) is 0 Å². The number of carbonyl (C=O) groups excluding carboxylic acids is 1. The van der Waals surface area contributed by atoms with Gasteiger partial charge in [-0.25, -0.2) is 0 Å². The molecule has 1 unspecified atom stereocenters.